The maximum Gasteiger partial charge on any atom is 0.132 e. The van der Waals surface area contributed by atoms with E-state index in [1.54, 1.807) is 6.92 Å². The molecule has 0 bridgehead atoms. The van der Waals surface area contributed by atoms with Gasteiger partial charge in [0.15, 0.2) is 0 Å². The summed E-state index contributed by atoms with van der Waals surface area (Å²) in [7, 11) is 0. The van der Waals surface area contributed by atoms with Gasteiger partial charge in [0.2, 0.25) is 0 Å². The molecular formula is C13H26O. The molecule has 0 saturated heterocycles. The van der Waals surface area contributed by atoms with Gasteiger partial charge >= 0.3 is 0 Å². The lowest BCUT2D eigenvalue weighted by molar-refractivity contribution is -0.120. The number of ketones is 1. The van der Waals surface area contributed by atoms with Crippen LogP contribution in [0.4, 0.5) is 0 Å². The summed E-state index contributed by atoms with van der Waals surface area (Å²) in [5.74, 6) is 2.09. The van der Waals surface area contributed by atoms with E-state index in [-0.39, 0.29) is 5.92 Å². The van der Waals surface area contributed by atoms with E-state index in [2.05, 4.69) is 20.8 Å². The molecule has 0 saturated carbocycles. The van der Waals surface area contributed by atoms with Gasteiger partial charge < -0.3 is 0 Å². The topological polar surface area (TPSA) is 17.1 Å². The highest BCUT2D eigenvalue weighted by Crippen LogP contribution is 2.22. The maximum absolute atomic E-state index is 11.1. The molecule has 0 aliphatic carbocycles. The molecule has 84 valence electrons. The van der Waals surface area contributed by atoms with Crippen LogP contribution in [-0.4, -0.2) is 5.78 Å². The average molecular weight is 198 g/mol. The van der Waals surface area contributed by atoms with E-state index in [9.17, 15) is 4.79 Å². The predicted molar refractivity (Wildman–Crippen MR) is 62.3 cm³/mol. The Labute approximate surface area is 89.3 Å². The largest absolute Gasteiger partial charge is 0.300 e. The average Bonchev–Trinajstić information content (AvgIpc) is 2.03. The predicted octanol–water partition coefficient (Wildman–Crippen LogP) is 4.06. The van der Waals surface area contributed by atoms with Crippen molar-refractivity contribution < 1.29 is 4.79 Å². The summed E-state index contributed by atoms with van der Waals surface area (Å²) in [6.45, 7) is 10.6. The molecule has 14 heavy (non-hydrogen) atoms. The summed E-state index contributed by atoms with van der Waals surface area (Å²) in [4.78, 5) is 11.1. The zero-order valence-electron chi connectivity index (χ0n) is 10.5. The Bertz CT molecular complexity index is 163. The van der Waals surface area contributed by atoms with Gasteiger partial charge in [-0.3, -0.25) is 4.79 Å². The number of hydrogen-bond acceptors (Lipinski definition) is 1. The Balaban J connectivity index is 3.74. The lowest BCUT2D eigenvalue weighted by Crippen LogP contribution is -2.12. The van der Waals surface area contributed by atoms with Crippen molar-refractivity contribution in [2.45, 2.75) is 60.3 Å². The van der Waals surface area contributed by atoms with Gasteiger partial charge in [-0.2, -0.15) is 0 Å². The third-order valence-electron chi connectivity index (χ3n) is 3.04. The number of carbonyl (C=O) groups excluding carboxylic acids is 1. The fourth-order valence-electron chi connectivity index (χ4n) is 2.16. The molecule has 0 aromatic carbocycles. The van der Waals surface area contributed by atoms with Crippen LogP contribution in [0.1, 0.15) is 60.3 Å². The van der Waals surface area contributed by atoms with Crippen LogP contribution in [0.3, 0.4) is 0 Å². The van der Waals surface area contributed by atoms with Crippen molar-refractivity contribution in [1.82, 2.24) is 0 Å². The van der Waals surface area contributed by atoms with Gasteiger partial charge in [-0.1, -0.05) is 40.5 Å². The Hall–Kier alpha value is -0.330. The number of carbonyl (C=O) groups is 1. The van der Waals surface area contributed by atoms with E-state index >= 15 is 0 Å². The fourth-order valence-corrected chi connectivity index (χ4v) is 2.16. The van der Waals surface area contributed by atoms with Gasteiger partial charge in [0.1, 0.15) is 5.78 Å². The minimum absolute atomic E-state index is 0.249. The third-order valence-corrected chi connectivity index (χ3v) is 3.04. The molecule has 0 amide bonds. The molecule has 3 unspecified atom stereocenters. The van der Waals surface area contributed by atoms with Crippen LogP contribution in [-0.2, 0) is 4.79 Å². The van der Waals surface area contributed by atoms with E-state index in [1.165, 1.54) is 19.3 Å². The highest BCUT2D eigenvalue weighted by atomic mass is 16.1. The van der Waals surface area contributed by atoms with E-state index in [0.717, 1.165) is 12.3 Å². The van der Waals surface area contributed by atoms with Crippen LogP contribution in [0.15, 0.2) is 0 Å². The van der Waals surface area contributed by atoms with E-state index in [4.69, 9.17) is 0 Å². The zero-order valence-corrected chi connectivity index (χ0v) is 10.5. The van der Waals surface area contributed by atoms with Crippen LogP contribution >= 0.6 is 0 Å². The van der Waals surface area contributed by atoms with Gasteiger partial charge in [-0.25, -0.2) is 0 Å². The summed E-state index contributed by atoms with van der Waals surface area (Å²) in [6.07, 6.45) is 4.92. The van der Waals surface area contributed by atoms with Gasteiger partial charge in [-0.05, 0) is 31.6 Å². The summed E-state index contributed by atoms with van der Waals surface area (Å²) in [6, 6.07) is 0. The van der Waals surface area contributed by atoms with Crippen molar-refractivity contribution in [3.05, 3.63) is 0 Å². The van der Waals surface area contributed by atoms with Crippen LogP contribution in [0, 0.1) is 17.8 Å². The van der Waals surface area contributed by atoms with Crippen molar-refractivity contribution in [3.63, 3.8) is 0 Å². The van der Waals surface area contributed by atoms with E-state index in [1.807, 2.05) is 6.92 Å². The molecule has 0 aromatic rings. The highest BCUT2D eigenvalue weighted by molar-refractivity contribution is 5.77. The molecule has 1 nitrogen and oxygen atoms in total. The van der Waals surface area contributed by atoms with Crippen molar-refractivity contribution in [3.8, 4) is 0 Å². The van der Waals surface area contributed by atoms with Crippen molar-refractivity contribution in [2.75, 3.05) is 0 Å². The second kappa shape index (κ2) is 7.03. The molecule has 0 aromatic heterocycles. The van der Waals surface area contributed by atoms with Gasteiger partial charge in [0, 0.05) is 5.92 Å². The molecule has 0 radical (unpaired) electrons. The monoisotopic (exact) mass is 198 g/mol. The minimum atomic E-state index is 0.249. The van der Waals surface area contributed by atoms with Crippen molar-refractivity contribution in [1.29, 1.82) is 0 Å². The summed E-state index contributed by atoms with van der Waals surface area (Å²) in [5.41, 5.74) is 0. The molecule has 0 heterocycles. The minimum Gasteiger partial charge on any atom is -0.300 e. The van der Waals surface area contributed by atoms with E-state index < -0.39 is 0 Å². The van der Waals surface area contributed by atoms with Gasteiger partial charge in [-0.15, -0.1) is 0 Å². The van der Waals surface area contributed by atoms with Crippen LogP contribution in [0.25, 0.3) is 0 Å². The zero-order chi connectivity index (χ0) is 11.1. The van der Waals surface area contributed by atoms with Crippen molar-refractivity contribution >= 4 is 5.78 Å². The standard InChI is InChI=1S/C13H26O/c1-6-7-10(2)8-11(3)9-12(4)13(5)14/h10-12H,6-9H2,1-5H3. The number of rotatable bonds is 7. The number of hydrogen-bond donors (Lipinski definition) is 0. The Morgan fingerprint density at radius 3 is 2.07 bits per heavy atom. The quantitative estimate of drug-likeness (QED) is 0.603. The normalized spacial score (nSPS) is 17.5. The highest BCUT2D eigenvalue weighted by Gasteiger charge is 2.14. The first-order valence-corrected chi connectivity index (χ1v) is 5.97. The molecule has 0 aliphatic heterocycles. The fraction of sp³-hybridized carbons (Fsp3) is 0.923. The second-order valence-electron chi connectivity index (χ2n) is 4.98. The molecule has 0 aliphatic rings. The Morgan fingerprint density at radius 2 is 1.64 bits per heavy atom. The van der Waals surface area contributed by atoms with Crippen LogP contribution in [0.5, 0.6) is 0 Å². The molecule has 0 N–H and O–H groups in total. The second-order valence-corrected chi connectivity index (χ2v) is 4.98. The third kappa shape index (κ3) is 6.17. The van der Waals surface area contributed by atoms with Crippen LogP contribution < -0.4 is 0 Å². The summed E-state index contributed by atoms with van der Waals surface area (Å²) >= 11 is 0. The first-order chi connectivity index (χ1) is 6.47. The lowest BCUT2D eigenvalue weighted by atomic mass is 9.87. The summed E-state index contributed by atoms with van der Waals surface area (Å²) < 4.78 is 0. The molecule has 0 fully saturated rings. The number of Topliss-reactive ketones (excluding diaryl/α,β-unsaturated/α-hetero) is 1. The summed E-state index contributed by atoms with van der Waals surface area (Å²) in [5, 5.41) is 0. The smallest absolute Gasteiger partial charge is 0.132 e. The lowest BCUT2D eigenvalue weighted by Gasteiger charge is -2.18. The molecule has 1 heteroatoms. The van der Waals surface area contributed by atoms with Crippen LogP contribution in [0.2, 0.25) is 0 Å². The molecule has 0 rings (SSSR count). The molecule has 0 spiro atoms. The van der Waals surface area contributed by atoms with Crippen molar-refractivity contribution in [2.24, 2.45) is 17.8 Å². The van der Waals surface area contributed by atoms with E-state index in [0.29, 0.717) is 11.7 Å². The SMILES string of the molecule is CCCC(C)CC(C)CC(C)C(C)=O. The molecular weight excluding hydrogens is 172 g/mol. The maximum atomic E-state index is 11.1. The first kappa shape index (κ1) is 13.7. The van der Waals surface area contributed by atoms with Gasteiger partial charge in [0.25, 0.3) is 0 Å². The Kier molecular flexibility index (Phi) is 6.86. The molecule has 3 atom stereocenters. The first-order valence-electron chi connectivity index (χ1n) is 5.97. The Morgan fingerprint density at radius 1 is 1.07 bits per heavy atom. The van der Waals surface area contributed by atoms with Gasteiger partial charge in [0.05, 0.1) is 0 Å².